The zero-order chi connectivity index (χ0) is 27.4. The van der Waals surface area contributed by atoms with E-state index in [-0.39, 0.29) is 10.9 Å². The summed E-state index contributed by atoms with van der Waals surface area (Å²) in [6.45, 7) is 6.28. The maximum atomic E-state index is 14.0. The van der Waals surface area contributed by atoms with Crippen molar-refractivity contribution >= 4 is 38.9 Å². The summed E-state index contributed by atoms with van der Waals surface area (Å²) >= 11 is 6.44. The first-order valence-electron chi connectivity index (χ1n) is 13.6. The van der Waals surface area contributed by atoms with Crippen LogP contribution in [-0.4, -0.2) is 51.9 Å². The number of aryl methyl sites for hydroxylation is 1. The Kier molecular flexibility index (Phi) is 8.57. The van der Waals surface area contributed by atoms with Crippen LogP contribution in [0.15, 0.2) is 77.7 Å². The third kappa shape index (κ3) is 6.30. The summed E-state index contributed by atoms with van der Waals surface area (Å²) in [6, 6.07) is 21.9. The van der Waals surface area contributed by atoms with Gasteiger partial charge >= 0.3 is 0 Å². The molecule has 1 aliphatic heterocycles. The standard InChI is InChI=1S/C30H35ClN4O3S/c1-2-34-17-19-35(20-18-34)27-16-15-24(32-30(36)29(31)23-10-4-3-5-11-23)21-28(27)39(37,38)33-26-14-8-12-22-9-6-7-13-25(22)26/h3-7,9-11,13,15-16,21,26,29,33H,2,8,12,14,17-20H2,1H3,(H,32,36)/t26-,29+/m0/s1. The normalized spacial score (nSPS) is 18.8. The Labute approximate surface area is 236 Å². The zero-order valence-electron chi connectivity index (χ0n) is 22.1. The van der Waals surface area contributed by atoms with Gasteiger partial charge in [0.25, 0.3) is 0 Å². The molecular formula is C30H35ClN4O3S. The van der Waals surface area contributed by atoms with Crippen LogP contribution in [0.5, 0.6) is 0 Å². The average Bonchev–Trinajstić information content (AvgIpc) is 2.97. The van der Waals surface area contributed by atoms with Gasteiger partial charge in [-0.15, -0.1) is 11.6 Å². The number of likely N-dealkylation sites (N-methyl/N-ethyl adjacent to an activating group) is 1. The van der Waals surface area contributed by atoms with Crippen LogP contribution in [0.25, 0.3) is 0 Å². The fourth-order valence-electron chi connectivity index (χ4n) is 5.48. The molecule has 1 saturated heterocycles. The van der Waals surface area contributed by atoms with E-state index in [4.69, 9.17) is 11.6 Å². The topological polar surface area (TPSA) is 81.8 Å². The maximum Gasteiger partial charge on any atom is 0.246 e. The predicted octanol–water partition coefficient (Wildman–Crippen LogP) is 5.10. The lowest BCUT2D eigenvalue weighted by atomic mass is 9.88. The molecule has 0 bridgehead atoms. The second-order valence-corrected chi connectivity index (χ2v) is 12.3. The van der Waals surface area contributed by atoms with Crippen molar-refractivity contribution in [1.82, 2.24) is 9.62 Å². The first-order chi connectivity index (χ1) is 18.9. The molecule has 2 aliphatic rings. The average molecular weight is 567 g/mol. The Balaban J connectivity index is 1.45. The van der Waals surface area contributed by atoms with E-state index < -0.39 is 21.3 Å². The van der Waals surface area contributed by atoms with Gasteiger partial charge in [0, 0.05) is 37.9 Å². The number of rotatable bonds is 8. The van der Waals surface area contributed by atoms with E-state index in [0.29, 0.717) is 16.9 Å². The molecule has 206 valence electrons. The molecular weight excluding hydrogens is 532 g/mol. The third-order valence-electron chi connectivity index (χ3n) is 7.67. The number of carbonyl (C=O) groups is 1. The Morgan fingerprint density at radius 1 is 1.00 bits per heavy atom. The van der Waals surface area contributed by atoms with Gasteiger partial charge in [-0.25, -0.2) is 13.1 Å². The van der Waals surface area contributed by atoms with Crippen molar-refractivity contribution in [3.05, 3.63) is 89.5 Å². The van der Waals surface area contributed by atoms with E-state index in [1.54, 1.807) is 30.3 Å². The van der Waals surface area contributed by atoms with Crippen LogP contribution in [0.3, 0.4) is 0 Å². The number of sulfonamides is 1. The van der Waals surface area contributed by atoms with Crippen molar-refractivity contribution in [3.63, 3.8) is 0 Å². The van der Waals surface area contributed by atoms with Crippen LogP contribution < -0.4 is 14.9 Å². The van der Waals surface area contributed by atoms with Gasteiger partial charge in [0.2, 0.25) is 15.9 Å². The number of amides is 1. The highest BCUT2D eigenvalue weighted by atomic mass is 35.5. The van der Waals surface area contributed by atoms with Crippen molar-refractivity contribution in [2.75, 3.05) is 42.9 Å². The minimum Gasteiger partial charge on any atom is -0.368 e. The van der Waals surface area contributed by atoms with Crippen molar-refractivity contribution in [2.45, 2.75) is 42.5 Å². The van der Waals surface area contributed by atoms with Crippen LogP contribution in [-0.2, 0) is 21.2 Å². The summed E-state index contributed by atoms with van der Waals surface area (Å²) in [6.07, 6.45) is 2.61. The molecule has 0 radical (unpaired) electrons. The molecule has 39 heavy (non-hydrogen) atoms. The second-order valence-electron chi connectivity index (χ2n) is 10.1. The van der Waals surface area contributed by atoms with Crippen molar-refractivity contribution in [2.24, 2.45) is 0 Å². The number of halogens is 1. The third-order valence-corrected chi connectivity index (χ3v) is 9.62. The maximum absolute atomic E-state index is 14.0. The fraction of sp³-hybridized carbons (Fsp3) is 0.367. The summed E-state index contributed by atoms with van der Waals surface area (Å²) in [5, 5.41) is 1.93. The van der Waals surface area contributed by atoms with Crippen molar-refractivity contribution < 1.29 is 13.2 Å². The number of anilines is 2. The van der Waals surface area contributed by atoms with Gasteiger partial charge in [-0.2, -0.15) is 0 Å². The number of hydrogen-bond donors (Lipinski definition) is 2. The number of hydrogen-bond acceptors (Lipinski definition) is 5. The highest BCUT2D eigenvalue weighted by Crippen LogP contribution is 2.34. The molecule has 5 rings (SSSR count). The van der Waals surface area contributed by atoms with E-state index in [1.165, 1.54) is 5.56 Å². The quantitative estimate of drug-likeness (QED) is 0.371. The lowest BCUT2D eigenvalue weighted by molar-refractivity contribution is -0.116. The van der Waals surface area contributed by atoms with Gasteiger partial charge < -0.3 is 15.1 Å². The van der Waals surface area contributed by atoms with Crippen LogP contribution in [0, 0.1) is 0 Å². The molecule has 3 aromatic rings. The lowest BCUT2D eigenvalue weighted by Gasteiger charge is -2.36. The Hall–Kier alpha value is -2.91. The van der Waals surface area contributed by atoms with E-state index in [9.17, 15) is 13.2 Å². The molecule has 2 atom stereocenters. The molecule has 1 aliphatic carbocycles. The van der Waals surface area contributed by atoms with Crippen LogP contribution in [0.2, 0.25) is 0 Å². The monoisotopic (exact) mass is 566 g/mol. The summed E-state index contributed by atoms with van der Waals surface area (Å²) in [7, 11) is -3.92. The molecule has 0 aromatic heterocycles. The number of piperazine rings is 1. The number of fused-ring (bicyclic) bond motifs is 1. The summed E-state index contributed by atoms with van der Waals surface area (Å²) in [4.78, 5) is 17.6. The summed E-state index contributed by atoms with van der Waals surface area (Å²) in [5.41, 5.74) is 3.92. The highest BCUT2D eigenvalue weighted by molar-refractivity contribution is 7.89. The summed E-state index contributed by atoms with van der Waals surface area (Å²) < 4.78 is 31.0. The van der Waals surface area contributed by atoms with E-state index in [2.05, 4.69) is 32.8 Å². The number of nitrogens with zero attached hydrogens (tertiary/aromatic N) is 2. The van der Waals surface area contributed by atoms with Gasteiger partial charge in [-0.3, -0.25) is 4.79 Å². The SMILES string of the molecule is CCN1CCN(c2ccc(NC(=O)[C@H](Cl)c3ccccc3)cc2S(=O)(=O)N[C@H]2CCCc3ccccc32)CC1. The second kappa shape index (κ2) is 12.1. The zero-order valence-corrected chi connectivity index (χ0v) is 23.7. The highest BCUT2D eigenvalue weighted by Gasteiger charge is 2.30. The Morgan fingerprint density at radius 3 is 2.46 bits per heavy atom. The van der Waals surface area contributed by atoms with E-state index in [1.807, 2.05) is 36.4 Å². The Bertz CT molecular complexity index is 1410. The number of nitrogens with one attached hydrogen (secondary N) is 2. The number of carbonyl (C=O) groups excluding carboxylic acids is 1. The smallest absolute Gasteiger partial charge is 0.246 e. The van der Waals surface area contributed by atoms with Gasteiger partial charge in [0.15, 0.2) is 0 Å². The van der Waals surface area contributed by atoms with E-state index >= 15 is 0 Å². The van der Waals surface area contributed by atoms with Gasteiger partial charge in [0.1, 0.15) is 10.3 Å². The van der Waals surface area contributed by atoms with Gasteiger partial charge in [0.05, 0.1) is 5.69 Å². The van der Waals surface area contributed by atoms with Crippen molar-refractivity contribution in [1.29, 1.82) is 0 Å². The van der Waals surface area contributed by atoms with Gasteiger partial charge in [-0.05, 0) is 60.7 Å². The molecule has 0 spiro atoms. The molecule has 2 N–H and O–H groups in total. The molecule has 3 aromatic carbocycles. The van der Waals surface area contributed by atoms with E-state index in [0.717, 1.165) is 57.5 Å². The number of alkyl halides is 1. The predicted molar refractivity (Wildman–Crippen MR) is 157 cm³/mol. The molecule has 0 saturated carbocycles. The minimum absolute atomic E-state index is 0.166. The van der Waals surface area contributed by atoms with Crippen molar-refractivity contribution in [3.8, 4) is 0 Å². The first kappa shape index (κ1) is 27.6. The van der Waals surface area contributed by atoms with Crippen LogP contribution in [0.4, 0.5) is 11.4 Å². The van der Waals surface area contributed by atoms with Crippen LogP contribution in [0.1, 0.15) is 47.9 Å². The molecule has 1 amide bonds. The Morgan fingerprint density at radius 2 is 1.72 bits per heavy atom. The molecule has 0 unspecified atom stereocenters. The lowest BCUT2D eigenvalue weighted by Crippen LogP contribution is -2.46. The minimum atomic E-state index is -3.92. The largest absolute Gasteiger partial charge is 0.368 e. The molecule has 1 heterocycles. The van der Waals surface area contributed by atoms with Gasteiger partial charge in [-0.1, -0.05) is 61.5 Å². The molecule has 9 heteroatoms. The fourth-order valence-corrected chi connectivity index (χ4v) is 7.18. The summed E-state index contributed by atoms with van der Waals surface area (Å²) in [5.74, 6) is -0.412. The van der Waals surface area contributed by atoms with Crippen LogP contribution >= 0.6 is 11.6 Å². The number of benzene rings is 3. The molecule has 7 nitrogen and oxygen atoms in total. The first-order valence-corrected chi connectivity index (χ1v) is 15.5. The molecule has 1 fully saturated rings.